The van der Waals surface area contributed by atoms with E-state index in [1.54, 1.807) is 11.1 Å². The fourth-order valence-electron chi connectivity index (χ4n) is 3.78. The van der Waals surface area contributed by atoms with Gasteiger partial charge in [0.25, 0.3) is 0 Å². The zero-order valence-electron chi connectivity index (χ0n) is 14.1. The zero-order chi connectivity index (χ0) is 15.0. The molecule has 0 amide bonds. The molecule has 1 aliphatic carbocycles. The van der Waals surface area contributed by atoms with Gasteiger partial charge in [-0.05, 0) is 57.2 Å². The fraction of sp³-hybridized carbons (Fsp3) is 0.684. The van der Waals surface area contributed by atoms with E-state index >= 15 is 0 Å². The van der Waals surface area contributed by atoms with Gasteiger partial charge >= 0.3 is 0 Å². The van der Waals surface area contributed by atoms with Crippen molar-refractivity contribution < 1.29 is 0 Å². The molecule has 2 fully saturated rings. The monoisotopic (exact) mass is 286 g/mol. The van der Waals surface area contributed by atoms with Crippen molar-refractivity contribution in [3.63, 3.8) is 0 Å². The Balaban J connectivity index is 1.95. The molecule has 0 radical (unpaired) electrons. The minimum absolute atomic E-state index is 0.237. The SMILES string of the molecule is CCN1CCN(C(C)(C)C)C(c2ccccc2C2CC2)C1. The molecule has 0 aromatic heterocycles. The molecule has 1 aromatic carbocycles. The lowest BCUT2D eigenvalue weighted by Crippen LogP contribution is -2.55. The summed E-state index contributed by atoms with van der Waals surface area (Å²) < 4.78 is 0. The van der Waals surface area contributed by atoms with Gasteiger partial charge in [0.05, 0.1) is 0 Å². The smallest absolute Gasteiger partial charge is 0.0483 e. The zero-order valence-corrected chi connectivity index (χ0v) is 14.1. The van der Waals surface area contributed by atoms with E-state index in [4.69, 9.17) is 0 Å². The summed E-state index contributed by atoms with van der Waals surface area (Å²) in [7, 11) is 0. The van der Waals surface area contributed by atoms with Gasteiger partial charge in [0.1, 0.15) is 0 Å². The number of hydrogen-bond donors (Lipinski definition) is 0. The number of nitrogens with zero attached hydrogens (tertiary/aromatic N) is 2. The molecule has 0 bridgehead atoms. The van der Waals surface area contributed by atoms with Crippen molar-refractivity contribution in [2.24, 2.45) is 0 Å². The van der Waals surface area contributed by atoms with E-state index in [9.17, 15) is 0 Å². The summed E-state index contributed by atoms with van der Waals surface area (Å²) in [6, 6.07) is 9.76. The first-order valence-electron chi connectivity index (χ1n) is 8.58. The van der Waals surface area contributed by atoms with Gasteiger partial charge < -0.3 is 4.90 Å². The van der Waals surface area contributed by atoms with Gasteiger partial charge in [0.15, 0.2) is 0 Å². The topological polar surface area (TPSA) is 6.48 Å². The molecule has 1 aromatic rings. The number of piperazine rings is 1. The van der Waals surface area contributed by atoms with Crippen molar-refractivity contribution >= 4 is 0 Å². The molecule has 1 saturated carbocycles. The van der Waals surface area contributed by atoms with Crippen molar-refractivity contribution in [1.82, 2.24) is 9.80 Å². The first-order chi connectivity index (χ1) is 10.0. The molecule has 2 nitrogen and oxygen atoms in total. The Morgan fingerprint density at radius 3 is 2.29 bits per heavy atom. The van der Waals surface area contributed by atoms with E-state index in [0.29, 0.717) is 6.04 Å². The summed E-state index contributed by atoms with van der Waals surface area (Å²) >= 11 is 0. The molecule has 1 heterocycles. The average Bonchev–Trinajstić information content (AvgIpc) is 3.30. The van der Waals surface area contributed by atoms with Gasteiger partial charge in [-0.2, -0.15) is 0 Å². The minimum Gasteiger partial charge on any atom is -0.300 e. The molecule has 1 aliphatic heterocycles. The number of hydrogen-bond acceptors (Lipinski definition) is 2. The predicted octanol–water partition coefficient (Wildman–Crippen LogP) is 4.04. The summed E-state index contributed by atoms with van der Waals surface area (Å²) in [5, 5.41) is 0. The summed E-state index contributed by atoms with van der Waals surface area (Å²) in [6.07, 6.45) is 2.77. The highest BCUT2D eigenvalue weighted by atomic mass is 15.3. The van der Waals surface area contributed by atoms with Gasteiger partial charge in [-0.25, -0.2) is 0 Å². The molecule has 3 rings (SSSR count). The van der Waals surface area contributed by atoms with Crippen molar-refractivity contribution in [3.8, 4) is 0 Å². The van der Waals surface area contributed by atoms with Crippen molar-refractivity contribution in [3.05, 3.63) is 35.4 Å². The highest BCUT2D eigenvalue weighted by molar-refractivity contribution is 5.36. The molecule has 1 unspecified atom stereocenters. The van der Waals surface area contributed by atoms with Crippen molar-refractivity contribution in [1.29, 1.82) is 0 Å². The Hall–Kier alpha value is -0.860. The van der Waals surface area contributed by atoms with Crippen LogP contribution in [0.25, 0.3) is 0 Å². The Kier molecular flexibility index (Phi) is 4.11. The molecule has 2 aliphatic rings. The van der Waals surface area contributed by atoms with Gasteiger partial charge in [-0.3, -0.25) is 4.90 Å². The normalized spacial score (nSPS) is 25.2. The quantitative estimate of drug-likeness (QED) is 0.827. The van der Waals surface area contributed by atoms with Crippen LogP contribution in [-0.2, 0) is 0 Å². The molecule has 21 heavy (non-hydrogen) atoms. The van der Waals surface area contributed by atoms with Crippen LogP contribution in [0.2, 0.25) is 0 Å². The molecular weight excluding hydrogens is 256 g/mol. The lowest BCUT2D eigenvalue weighted by Gasteiger charge is -2.48. The van der Waals surface area contributed by atoms with E-state index in [2.05, 4.69) is 61.8 Å². The Morgan fingerprint density at radius 1 is 1.05 bits per heavy atom. The van der Waals surface area contributed by atoms with E-state index in [0.717, 1.165) is 5.92 Å². The van der Waals surface area contributed by atoms with Crippen molar-refractivity contribution in [2.45, 2.75) is 58.0 Å². The Bertz CT molecular complexity index is 485. The van der Waals surface area contributed by atoms with Crippen LogP contribution in [0.15, 0.2) is 24.3 Å². The van der Waals surface area contributed by atoms with Gasteiger partial charge in [0, 0.05) is 31.2 Å². The van der Waals surface area contributed by atoms with Crippen LogP contribution in [0, 0.1) is 0 Å². The number of benzene rings is 1. The number of rotatable bonds is 3. The van der Waals surface area contributed by atoms with Gasteiger partial charge in [-0.15, -0.1) is 0 Å². The molecule has 2 heteroatoms. The summed E-state index contributed by atoms with van der Waals surface area (Å²) in [5.74, 6) is 0.833. The van der Waals surface area contributed by atoms with Crippen LogP contribution in [0.5, 0.6) is 0 Å². The maximum atomic E-state index is 2.72. The second-order valence-electron chi connectivity index (χ2n) is 7.68. The number of likely N-dealkylation sites (N-methyl/N-ethyl adjacent to an activating group) is 1. The van der Waals surface area contributed by atoms with E-state index in [-0.39, 0.29) is 5.54 Å². The fourth-order valence-corrected chi connectivity index (χ4v) is 3.78. The third-order valence-electron chi connectivity index (χ3n) is 5.15. The molecule has 0 spiro atoms. The van der Waals surface area contributed by atoms with Crippen LogP contribution in [0.1, 0.15) is 63.6 Å². The lowest BCUT2D eigenvalue weighted by molar-refractivity contribution is 0.0104. The maximum absolute atomic E-state index is 2.72. The van der Waals surface area contributed by atoms with E-state index in [1.165, 1.54) is 39.0 Å². The predicted molar refractivity (Wildman–Crippen MR) is 89.7 cm³/mol. The van der Waals surface area contributed by atoms with Gasteiger partial charge in [0.2, 0.25) is 0 Å². The molecule has 116 valence electrons. The lowest BCUT2D eigenvalue weighted by atomic mass is 9.91. The minimum atomic E-state index is 0.237. The molecule has 1 atom stereocenters. The summed E-state index contributed by atoms with van der Waals surface area (Å²) in [4.78, 5) is 5.33. The van der Waals surface area contributed by atoms with Crippen molar-refractivity contribution in [2.75, 3.05) is 26.2 Å². The summed E-state index contributed by atoms with van der Waals surface area (Å²) in [6.45, 7) is 14.1. The average molecular weight is 286 g/mol. The standard InChI is InChI=1S/C19H30N2/c1-5-20-12-13-21(19(2,3)4)18(14-20)17-9-7-6-8-16(17)15-10-11-15/h6-9,15,18H,5,10-14H2,1-4H3. The van der Waals surface area contributed by atoms with E-state index in [1.807, 2.05) is 0 Å². The summed E-state index contributed by atoms with van der Waals surface area (Å²) in [5.41, 5.74) is 3.45. The van der Waals surface area contributed by atoms with E-state index < -0.39 is 0 Å². The molecule has 0 N–H and O–H groups in total. The first-order valence-corrected chi connectivity index (χ1v) is 8.58. The maximum Gasteiger partial charge on any atom is 0.0483 e. The molecular formula is C19H30N2. The largest absolute Gasteiger partial charge is 0.300 e. The Labute approximate surface area is 130 Å². The Morgan fingerprint density at radius 2 is 1.71 bits per heavy atom. The van der Waals surface area contributed by atoms with Crippen LogP contribution < -0.4 is 0 Å². The second-order valence-corrected chi connectivity index (χ2v) is 7.68. The highest BCUT2D eigenvalue weighted by Crippen LogP contribution is 2.45. The first kappa shape index (κ1) is 15.1. The molecule has 1 saturated heterocycles. The highest BCUT2D eigenvalue weighted by Gasteiger charge is 2.37. The third-order valence-corrected chi connectivity index (χ3v) is 5.15. The van der Waals surface area contributed by atoms with Crippen LogP contribution in [-0.4, -0.2) is 41.5 Å². The van der Waals surface area contributed by atoms with Gasteiger partial charge in [-0.1, -0.05) is 31.2 Å². The second kappa shape index (κ2) is 5.73. The van der Waals surface area contributed by atoms with Crippen LogP contribution in [0.4, 0.5) is 0 Å². The third kappa shape index (κ3) is 3.17. The van der Waals surface area contributed by atoms with Crippen LogP contribution >= 0.6 is 0 Å². The van der Waals surface area contributed by atoms with Crippen LogP contribution in [0.3, 0.4) is 0 Å².